The van der Waals surface area contributed by atoms with Gasteiger partial charge < -0.3 is 9.64 Å². The van der Waals surface area contributed by atoms with Gasteiger partial charge in [-0.3, -0.25) is 9.48 Å². The van der Waals surface area contributed by atoms with Gasteiger partial charge in [-0.2, -0.15) is 0 Å². The van der Waals surface area contributed by atoms with Gasteiger partial charge in [0, 0.05) is 6.20 Å². The van der Waals surface area contributed by atoms with Crippen molar-refractivity contribution in [2.75, 3.05) is 4.61 Å². The van der Waals surface area contributed by atoms with Crippen molar-refractivity contribution in [3.63, 3.8) is 0 Å². The van der Waals surface area contributed by atoms with Gasteiger partial charge in [-0.1, -0.05) is 5.21 Å². The number of nitrogens with zero attached hydrogens (tertiary/aromatic N) is 4. The molecule has 3 atom stereocenters. The van der Waals surface area contributed by atoms with Gasteiger partial charge in [0.15, 0.2) is 15.9 Å². The van der Waals surface area contributed by atoms with E-state index >= 15 is 0 Å². The molecule has 0 spiro atoms. The lowest BCUT2D eigenvalue weighted by Gasteiger charge is -2.36. The van der Waals surface area contributed by atoms with Gasteiger partial charge in [-0.15, -0.1) is 5.10 Å². The van der Waals surface area contributed by atoms with E-state index in [1.807, 2.05) is 22.6 Å². The Morgan fingerprint density at radius 3 is 2.86 bits per heavy atom. The van der Waals surface area contributed by atoms with Gasteiger partial charge in [0.25, 0.3) is 0 Å². The molecule has 0 aliphatic carbocycles. The molecule has 0 aromatic carbocycles. The van der Waals surface area contributed by atoms with E-state index < -0.39 is 32.0 Å². The van der Waals surface area contributed by atoms with Crippen LogP contribution in [-0.4, -0.2) is 61.0 Å². The van der Waals surface area contributed by atoms with Crippen LogP contribution in [-0.2, 0) is 30.7 Å². The molecular weight excluding hydrogens is 427 g/mol. The Bertz CT molecular complexity index is 721. The first-order valence-corrected chi connectivity index (χ1v) is 9.51. The Hall–Kier alpha value is -1.24. The number of hydrogen-bond acceptors (Lipinski definition) is 7. The fourth-order valence-corrected chi connectivity index (χ4v) is 5.70. The minimum atomic E-state index is -3.74. The number of alkyl halides is 1. The predicted octanol–water partition coefficient (Wildman–Crippen LogP) is -0.672. The van der Waals surface area contributed by atoms with E-state index in [9.17, 15) is 18.0 Å². The van der Waals surface area contributed by atoms with Crippen LogP contribution in [0.4, 0.5) is 0 Å². The Balaban J connectivity index is 2.06. The number of sulfone groups is 1. The number of aromatic nitrogens is 3. The summed E-state index contributed by atoms with van der Waals surface area (Å²) in [6, 6.07) is -1.16. The average molecular weight is 440 g/mol. The molecule has 2 saturated heterocycles. The molecule has 1 amide bonds. The Morgan fingerprint density at radius 2 is 2.32 bits per heavy atom. The second kappa shape index (κ2) is 5.15. The molecule has 2 aliphatic rings. The van der Waals surface area contributed by atoms with Crippen molar-refractivity contribution in [2.45, 2.75) is 36.1 Å². The van der Waals surface area contributed by atoms with Crippen LogP contribution in [0.15, 0.2) is 12.4 Å². The first kappa shape index (κ1) is 15.6. The zero-order valence-corrected chi connectivity index (χ0v) is 14.5. The fourth-order valence-electron chi connectivity index (χ4n) is 3.04. The van der Waals surface area contributed by atoms with Crippen LogP contribution in [0.5, 0.6) is 0 Å². The summed E-state index contributed by atoms with van der Waals surface area (Å²) in [5.74, 6) is -1.07. The van der Waals surface area contributed by atoms with Crippen molar-refractivity contribution < 1.29 is 22.7 Å². The number of carbonyl (C=O) groups is 2. The molecule has 2 aliphatic heterocycles. The van der Waals surface area contributed by atoms with Crippen LogP contribution < -0.4 is 0 Å². The third-order valence-corrected chi connectivity index (χ3v) is 7.25. The van der Waals surface area contributed by atoms with Crippen molar-refractivity contribution in [2.24, 2.45) is 0 Å². The zero-order chi connectivity index (χ0) is 16.1. The second-order valence-corrected chi connectivity index (χ2v) is 8.58. The van der Waals surface area contributed by atoms with E-state index in [0.29, 0.717) is 0 Å². The quantitative estimate of drug-likeness (QED) is 0.264. The molecule has 0 bridgehead atoms. The molecule has 1 aromatic heterocycles. The lowest BCUT2D eigenvalue weighted by molar-refractivity contribution is -0.160. The van der Waals surface area contributed by atoms with Crippen LogP contribution in [0.25, 0.3) is 0 Å². The van der Waals surface area contributed by atoms with E-state index in [1.165, 1.54) is 24.0 Å². The highest BCUT2D eigenvalue weighted by Crippen LogP contribution is 2.47. The molecule has 0 N–H and O–H groups in total. The Morgan fingerprint density at radius 1 is 1.59 bits per heavy atom. The summed E-state index contributed by atoms with van der Waals surface area (Å²) in [7, 11) is -3.74. The van der Waals surface area contributed by atoms with E-state index in [2.05, 4.69) is 10.3 Å². The van der Waals surface area contributed by atoms with Crippen LogP contribution in [0.1, 0.15) is 13.3 Å². The van der Waals surface area contributed by atoms with Crippen molar-refractivity contribution in [1.82, 2.24) is 19.9 Å². The van der Waals surface area contributed by atoms with Crippen LogP contribution in [0.3, 0.4) is 0 Å². The third-order valence-electron chi connectivity index (χ3n) is 4.18. The highest BCUT2D eigenvalue weighted by atomic mass is 127. The molecule has 1 aromatic rings. The highest BCUT2D eigenvalue weighted by Gasteiger charge is 2.70. The van der Waals surface area contributed by atoms with Gasteiger partial charge in [0.1, 0.15) is 14.7 Å². The first-order chi connectivity index (χ1) is 10.3. The number of rotatable bonds is 4. The molecular formula is C11H13IN4O5S. The summed E-state index contributed by atoms with van der Waals surface area (Å²) >= 11 is 1.84. The zero-order valence-electron chi connectivity index (χ0n) is 11.5. The smallest absolute Gasteiger partial charge is 0.331 e. The molecule has 9 nitrogen and oxygen atoms in total. The Labute approximate surface area is 140 Å². The largest absolute Gasteiger partial charge is 0.453 e. The van der Waals surface area contributed by atoms with E-state index in [0.717, 1.165) is 4.90 Å². The number of fused-ring (bicyclic) bond motifs is 1. The SMILES string of the molecule is C[C@]1(Cn2ccnn2)[C@H](C(=O)OCI)N2C(=O)C[C@H]2S1(=O)=O. The lowest BCUT2D eigenvalue weighted by Crippen LogP contribution is -2.58. The van der Waals surface area contributed by atoms with Crippen molar-refractivity contribution in [3.8, 4) is 0 Å². The minimum absolute atomic E-state index is 0.0728. The van der Waals surface area contributed by atoms with Crippen LogP contribution >= 0.6 is 22.6 Å². The maximum atomic E-state index is 12.8. The van der Waals surface area contributed by atoms with Gasteiger partial charge in [0.2, 0.25) is 5.91 Å². The molecule has 3 heterocycles. The molecule has 2 fully saturated rings. The number of carbonyl (C=O) groups excluding carboxylic acids is 2. The summed E-state index contributed by atoms with van der Waals surface area (Å²) in [5, 5.41) is 6.45. The standard InChI is InChI=1S/C11H13IN4O5S/c1-11(5-15-3-2-13-14-15)9(10(18)21-6-12)16-7(17)4-8(16)22(11,19)20/h2-3,8-9H,4-6H2,1H3/t8-,9+,11+/m1/s1. The fraction of sp³-hybridized carbons (Fsp3) is 0.636. The summed E-state index contributed by atoms with van der Waals surface area (Å²) < 4.78 is 30.5. The van der Waals surface area contributed by atoms with Crippen molar-refractivity contribution >= 4 is 44.3 Å². The number of esters is 1. The average Bonchev–Trinajstić information content (AvgIpc) is 2.97. The third kappa shape index (κ3) is 1.97. The summed E-state index contributed by atoms with van der Waals surface area (Å²) in [4.78, 5) is 25.2. The molecule has 22 heavy (non-hydrogen) atoms. The van der Waals surface area contributed by atoms with E-state index in [1.54, 1.807) is 0 Å². The van der Waals surface area contributed by atoms with Crippen molar-refractivity contribution in [3.05, 3.63) is 12.4 Å². The van der Waals surface area contributed by atoms with Gasteiger partial charge >= 0.3 is 5.97 Å². The van der Waals surface area contributed by atoms with Gasteiger partial charge in [0.05, 0.1) is 19.2 Å². The predicted molar refractivity (Wildman–Crippen MR) is 81.4 cm³/mol. The molecule has 11 heteroatoms. The van der Waals surface area contributed by atoms with Gasteiger partial charge in [-0.25, -0.2) is 13.2 Å². The molecule has 0 saturated carbocycles. The van der Waals surface area contributed by atoms with E-state index in [4.69, 9.17) is 4.74 Å². The number of amides is 1. The van der Waals surface area contributed by atoms with E-state index in [-0.39, 0.29) is 23.5 Å². The van der Waals surface area contributed by atoms with Crippen molar-refractivity contribution in [1.29, 1.82) is 0 Å². The highest BCUT2D eigenvalue weighted by molar-refractivity contribution is 14.1. The molecule has 3 rings (SSSR count). The minimum Gasteiger partial charge on any atom is -0.453 e. The number of β-lactam (4-membered cyclic amide) rings is 1. The topological polar surface area (TPSA) is 111 Å². The van der Waals surface area contributed by atoms with Crippen LogP contribution in [0.2, 0.25) is 0 Å². The molecule has 0 unspecified atom stereocenters. The number of halogens is 1. The number of ether oxygens (including phenoxy) is 1. The van der Waals surface area contributed by atoms with Crippen LogP contribution in [0, 0.1) is 0 Å². The normalized spacial score (nSPS) is 32.5. The second-order valence-electron chi connectivity index (χ2n) is 5.39. The monoisotopic (exact) mass is 440 g/mol. The lowest BCUT2D eigenvalue weighted by atomic mass is 9.96. The first-order valence-electron chi connectivity index (χ1n) is 6.44. The number of hydrogen-bond donors (Lipinski definition) is 0. The molecule has 0 radical (unpaired) electrons. The summed E-state index contributed by atoms with van der Waals surface area (Å²) in [6.45, 7) is 1.38. The maximum Gasteiger partial charge on any atom is 0.331 e. The van der Waals surface area contributed by atoms with Gasteiger partial charge in [-0.05, 0) is 29.5 Å². The summed E-state index contributed by atoms with van der Waals surface area (Å²) in [6.07, 6.45) is 2.84. The Kier molecular flexibility index (Phi) is 3.66. The molecule has 120 valence electrons. The summed E-state index contributed by atoms with van der Waals surface area (Å²) in [5.41, 5.74) is 0. The maximum absolute atomic E-state index is 12.8.